The molecule has 1 aliphatic rings. The van der Waals surface area contributed by atoms with E-state index in [1.54, 1.807) is 14.2 Å². The number of nitrogens with zero attached hydrogens (tertiary/aromatic N) is 2. The minimum absolute atomic E-state index is 0.168. The fraction of sp³-hybridized carbons (Fsp3) is 0.619. The molecular weight excluding hydrogens is 340 g/mol. The number of amides is 1. The van der Waals surface area contributed by atoms with Gasteiger partial charge in [0.1, 0.15) is 5.75 Å². The number of benzene rings is 1. The Bertz CT molecular complexity index is 612. The predicted molar refractivity (Wildman–Crippen MR) is 110 cm³/mol. The summed E-state index contributed by atoms with van der Waals surface area (Å²) in [6.07, 6.45) is 6.94. The minimum Gasteiger partial charge on any atom is -0.496 e. The lowest BCUT2D eigenvalue weighted by molar-refractivity contribution is -0.122. The van der Waals surface area contributed by atoms with Crippen LogP contribution in [0.25, 0.3) is 0 Å². The summed E-state index contributed by atoms with van der Waals surface area (Å²) in [7, 11) is 5.44. The van der Waals surface area contributed by atoms with Gasteiger partial charge in [-0.3, -0.25) is 9.79 Å². The van der Waals surface area contributed by atoms with Gasteiger partial charge in [0.25, 0.3) is 0 Å². The number of ether oxygens (including phenoxy) is 1. The van der Waals surface area contributed by atoms with E-state index in [0.29, 0.717) is 32.0 Å². The first-order chi connectivity index (χ1) is 13.1. The third kappa shape index (κ3) is 7.12. The van der Waals surface area contributed by atoms with Crippen LogP contribution >= 0.6 is 0 Å². The molecule has 1 aromatic rings. The Morgan fingerprint density at radius 1 is 1.19 bits per heavy atom. The largest absolute Gasteiger partial charge is 0.496 e. The van der Waals surface area contributed by atoms with E-state index in [9.17, 15) is 4.79 Å². The molecule has 0 aliphatic heterocycles. The first kappa shape index (κ1) is 21.1. The van der Waals surface area contributed by atoms with Crippen molar-refractivity contribution in [2.24, 2.45) is 10.9 Å². The number of guanidine groups is 1. The van der Waals surface area contributed by atoms with E-state index >= 15 is 0 Å². The van der Waals surface area contributed by atoms with E-state index in [2.05, 4.69) is 15.6 Å². The second-order valence-corrected chi connectivity index (χ2v) is 7.20. The topological polar surface area (TPSA) is 66.0 Å². The van der Waals surface area contributed by atoms with Crippen LogP contribution in [0.1, 0.15) is 44.1 Å². The molecule has 2 N–H and O–H groups in total. The lowest BCUT2D eigenvalue weighted by Crippen LogP contribution is -2.42. The number of carbonyl (C=O) groups is 1. The van der Waals surface area contributed by atoms with Crippen molar-refractivity contribution in [3.05, 3.63) is 29.8 Å². The van der Waals surface area contributed by atoms with Gasteiger partial charge in [-0.05, 0) is 24.8 Å². The number of carbonyl (C=O) groups excluding carboxylic acids is 1. The number of rotatable bonds is 8. The number of nitrogens with one attached hydrogen (secondary N) is 2. The molecule has 1 aliphatic carbocycles. The van der Waals surface area contributed by atoms with Crippen molar-refractivity contribution in [3.63, 3.8) is 0 Å². The highest BCUT2D eigenvalue weighted by molar-refractivity contribution is 5.80. The van der Waals surface area contributed by atoms with E-state index < -0.39 is 0 Å². The van der Waals surface area contributed by atoms with Gasteiger partial charge in [-0.1, -0.05) is 37.5 Å². The number of hydrogen-bond donors (Lipinski definition) is 2. The van der Waals surface area contributed by atoms with Gasteiger partial charge in [-0.2, -0.15) is 0 Å². The number of para-hydroxylation sites is 1. The molecule has 0 heterocycles. The van der Waals surface area contributed by atoms with Crippen LogP contribution in [0.2, 0.25) is 0 Å². The SMILES string of the molecule is CN=C(NCCNC(=O)CC1CCCCC1)N(C)Cc1ccccc1OC. The number of aliphatic imine (C=N–C) groups is 1. The normalized spacial score (nSPS) is 15.3. The molecule has 1 fully saturated rings. The maximum Gasteiger partial charge on any atom is 0.220 e. The second kappa shape index (κ2) is 11.5. The maximum atomic E-state index is 12.1. The Morgan fingerprint density at radius 3 is 2.59 bits per heavy atom. The monoisotopic (exact) mass is 374 g/mol. The Hall–Kier alpha value is -2.24. The van der Waals surface area contributed by atoms with Crippen LogP contribution in [0, 0.1) is 5.92 Å². The van der Waals surface area contributed by atoms with Gasteiger partial charge in [-0.15, -0.1) is 0 Å². The third-order valence-corrected chi connectivity index (χ3v) is 5.10. The summed E-state index contributed by atoms with van der Waals surface area (Å²) in [5, 5.41) is 6.33. The van der Waals surface area contributed by atoms with Crippen molar-refractivity contribution < 1.29 is 9.53 Å². The first-order valence-electron chi connectivity index (χ1n) is 9.94. The molecule has 6 nitrogen and oxygen atoms in total. The number of methoxy groups -OCH3 is 1. The van der Waals surface area contributed by atoms with Gasteiger partial charge in [0.2, 0.25) is 5.91 Å². The van der Waals surface area contributed by atoms with Gasteiger partial charge in [0.15, 0.2) is 5.96 Å². The zero-order chi connectivity index (χ0) is 19.5. The van der Waals surface area contributed by atoms with Gasteiger partial charge >= 0.3 is 0 Å². The van der Waals surface area contributed by atoms with Crippen molar-refractivity contribution >= 4 is 11.9 Å². The zero-order valence-corrected chi connectivity index (χ0v) is 17.0. The first-order valence-corrected chi connectivity index (χ1v) is 9.94. The van der Waals surface area contributed by atoms with Crippen molar-refractivity contribution in [3.8, 4) is 5.75 Å². The van der Waals surface area contributed by atoms with E-state index in [1.807, 2.05) is 36.2 Å². The highest BCUT2D eigenvalue weighted by atomic mass is 16.5. The van der Waals surface area contributed by atoms with E-state index in [4.69, 9.17) is 4.74 Å². The van der Waals surface area contributed by atoms with Crippen LogP contribution in [0.5, 0.6) is 5.75 Å². The Morgan fingerprint density at radius 2 is 1.89 bits per heavy atom. The Kier molecular flexibility index (Phi) is 8.95. The molecule has 0 bridgehead atoms. The summed E-state index contributed by atoms with van der Waals surface area (Å²) < 4.78 is 5.41. The molecule has 1 saturated carbocycles. The van der Waals surface area contributed by atoms with Crippen molar-refractivity contribution in [2.45, 2.75) is 45.1 Å². The highest BCUT2D eigenvalue weighted by Crippen LogP contribution is 2.26. The Balaban J connectivity index is 1.70. The smallest absolute Gasteiger partial charge is 0.220 e. The molecule has 2 rings (SSSR count). The van der Waals surface area contributed by atoms with Crippen LogP contribution in [-0.2, 0) is 11.3 Å². The van der Waals surface area contributed by atoms with E-state index in [1.165, 1.54) is 32.1 Å². The minimum atomic E-state index is 0.168. The molecule has 150 valence electrons. The molecule has 0 unspecified atom stereocenters. The summed E-state index contributed by atoms with van der Waals surface area (Å²) >= 11 is 0. The van der Waals surface area contributed by atoms with Crippen molar-refractivity contribution in [1.82, 2.24) is 15.5 Å². The molecule has 0 aromatic heterocycles. The predicted octanol–water partition coefficient (Wildman–Crippen LogP) is 2.79. The molecular formula is C21H34N4O2. The summed E-state index contributed by atoms with van der Waals surface area (Å²) in [6, 6.07) is 7.98. The van der Waals surface area contributed by atoms with E-state index in [0.717, 1.165) is 17.3 Å². The standard InChI is InChI=1S/C21H34N4O2/c1-22-21(25(2)16-18-11-7-8-12-19(18)27-3)24-14-13-23-20(26)15-17-9-5-4-6-10-17/h7-8,11-12,17H,4-6,9-10,13-16H2,1-3H3,(H,22,24)(H,23,26). The van der Waals surface area contributed by atoms with Crippen LogP contribution in [0.15, 0.2) is 29.3 Å². The molecule has 0 radical (unpaired) electrons. The van der Waals surface area contributed by atoms with Gasteiger partial charge in [0, 0.05) is 45.7 Å². The highest BCUT2D eigenvalue weighted by Gasteiger charge is 2.16. The van der Waals surface area contributed by atoms with Gasteiger partial charge in [-0.25, -0.2) is 0 Å². The van der Waals surface area contributed by atoms with Crippen LogP contribution in [0.3, 0.4) is 0 Å². The number of hydrogen-bond acceptors (Lipinski definition) is 3. The molecule has 0 saturated heterocycles. The fourth-order valence-corrected chi connectivity index (χ4v) is 3.65. The summed E-state index contributed by atoms with van der Waals surface area (Å²) in [5.74, 6) is 2.41. The fourth-order valence-electron chi connectivity index (χ4n) is 3.65. The van der Waals surface area contributed by atoms with Gasteiger partial charge < -0.3 is 20.3 Å². The van der Waals surface area contributed by atoms with Crippen molar-refractivity contribution in [2.75, 3.05) is 34.3 Å². The average molecular weight is 375 g/mol. The zero-order valence-electron chi connectivity index (χ0n) is 17.0. The molecule has 0 atom stereocenters. The van der Waals surface area contributed by atoms with Crippen molar-refractivity contribution in [1.29, 1.82) is 0 Å². The third-order valence-electron chi connectivity index (χ3n) is 5.10. The van der Waals surface area contributed by atoms with Gasteiger partial charge in [0.05, 0.1) is 7.11 Å². The van der Waals surface area contributed by atoms with E-state index in [-0.39, 0.29) is 5.91 Å². The van der Waals surface area contributed by atoms with Crippen LogP contribution in [0.4, 0.5) is 0 Å². The van der Waals surface area contributed by atoms with Crippen LogP contribution in [-0.4, -0.2) is 51.1 Å². The molecule has 1 amide bonds. The summed E-state index contributed by atoms with van der Waals surface area (Å²) in [6.45, 7) is 1.95. The summed E-state index contributed by atoms with van der Waals surface area (Å²) in [5.41, 5.74) is 1.10. The molecule has 0 spiro atoms. The molecule has 6 heteroatoms. The summed E-state index contributed by atoms with van der Waals surface area (Å²) in [4.78, 5) is 18.4. The lowest BCUT2D eigenvalue weighted by atomic mass is 9.87. The molecule has 27 heavy (non-hydrogen) atoms. The van der Waals surface area contributed by atoms with Crippen LogP contribution < -0.4 is 15.4 Å². The molecule has 1 aromatic carbocycles. The quantitative estimate of drug-likeness (QED) is 0.417. The average Bonchev–Trinajstić information content (AvgIpc) is 2.69. The maximum absolute atomic E-state index is 12.1. The lowest BCUT2D eigenvalue weighted by Gasteiger charge is -2.23. The Labute approximate surface area is 163 Å². The second-order valence-electron chi connectivity index (χ2n) is 7.20.